The second-order valence-electron chi connectivity index (χ2n) is 6.95. The van der Waals surface area contributed by atoms with Crippen LogP contribution in [0.4, 0.5) is 0 Å². The van der Waals surface area contributed by atoms with Crippen LogP contribution in [0.2, 0.25) is 0 Å². The zero-order valence-electron chi connectivity index (χ0n) is 16.7. The zero-order chi connectivity index (χ0) is 21.2. The monoisotopic (exact) mass is 400 g/mol. The predicted molar refractivity (Wildman–Crippen MR) is 108 cm³/mol. The molecule has 0 saturated heterocycles. The van der Waals surface area contributed by atoms with Gasteiger partial charge in [-0.05, 0) is 37.6 Å². The molecule has 3 atom stereocenters. The largest absolute Gasteiger partial charge is 0.419 e. The Morgan fingerprint density at radius 3 is 1.69 bits per heavy atom. The molecule has 6 nitrogen and oxygen atoms in total. The highest BCUT2D eigenvalue weighted by molar-refractivity contribution is 5.91. The molecule has 156 valence electrons. The van der Waals surface area contributed by atoms with Gasteiger partial charge >= 0.3 is 11.9 Å². The lowest BCUT2D eigenvalue weighted by molar-refractivity contribution is -0.162. The highest BCUT2D eigenvalue weighted by Crippen LogP contribution is 2.23. The minimum Gasteiger partial charge on any atom is -0.419 e. The van der Waals surface area contributed by atoms with Crippen molar-refractivity contribution in [2.45, 2.75) is 51.6 Å². The normalized spacial score (nSPS) is 14.1. The predicted octanol–water partition coefficient (Wildman–Crippen LogP) is 3.57. The first-order valence-corrected chi connectivity index (χ1v) is 9.82. The van der Waals surface area contributed by atoms with E-state index < -0.39 is 36.4 Å². The summed E-state index contributed by atoms with van der Waals surface area (Å²) in [4.78, 5) is 25.0. The van der Waals surface area contributed by atoms with Gasteiger partial charge in [0.25, 0.3) is 6.29 Å². The lowest BCUT2D eigenvalue weighted by Gasteiger charge is -2.30. The van der Waals surface area contributed by atoms with Crippen molar-refractivity contribution in [2.75, 3.05) is 0 Å². The fraction of sp³-hybridized carbons (Fsp3) is 0.391. The quantitative estimate of drug-likeness (QED) is 0.468. The van der Waals surface area contributed by atoms with Crippen LogP contribution in [0.15, 0.2) is 60.7 Å². The highest BCUT2D eigenvalue weighted by Gasteiger charge is 2.36. The molecule has 6 heteroatoms. The van der Waals surface area contributed by atoms with E-state index in [9.17, 15) is 19.8 Å². The van der Waals surface area contributed by atoms with E-state index in [1.807, 2.05) is 6.92 Å². The maximum atomic E-state index is 12.5. The molecule has 0 spiro atoms. The van der Waals surface area contributed by atoms with Crippen molar-refractivity contribution in [2.24, 2.45) is 5.92 Å². The molecule has 29 heavy (non-hydrogen) atoms. The Kier molecular flexibility index (Phi) is 8.83. The Labute approximate surface area is 171 Å². The van der Waals surface area contributed by atoms with Gasteiger partial charge in [0, 0.05) is 5.92 Å². The van der Waals surface area contributed by atoms with Gasteiger partial charge in [-0.3, -0.25) is 0 Å². The van der Waals surface area contributed by atoms with E-state index in [1.165, 1.54) is 0 Å². The molecule has 0 radical (unpaired) electrons. The first-order chi connectivity index (χ1) is 13.9. The van der Waals surface area contributed by atoms with E-state index in [0.717, 1.165) is 12.8 Å². The summed E-state index contributed by atoms with van der Waals surface area (Å²) in [5.41, 5.74) is 0.533. The van der Waals surface area contributed by atoms with E-state index in [0.29, 0.717) is 6.42 Å². The van der Waals surface area contributed by atoms with E-state index in [1.54, 1.807) is 67.6 Å². The Morgan fingerprint density at radius 2 is 1.31 bits per heavy atom. The number of aliphatic hydroxyl groups is 2. The standard InChI is InChI=1S/C23H28O6/c1-3-4-15-19(16(2)24)20(25)23(28-21(26)17-11-7-5-8-12-17)29-22(27)18-13-9-6-10-14-18/h5-14,16,19-20,23-25H,3-4,15H2,1-2H3. The minimum atomic E-state index is -1.55. The van der Waals surface area contributed by atoms with Crippen molar-refractivity contribution in [3.05, 3.63) is 71.8 Å². The molecule has 2 N–H and O–H groups in total. The summed E-state index contributed by atoms with van der Waals surface area (Å²) in [6.07, 6.45) is -1.66. The minimum absolute atomic E-state index is 0.266. The molecular formula is C23H28O6. The van der Waals surface area contributed by atoms with Gasteiger partial charge < -0.3 is 19.7 Å². The molecule has 3 unspecified atom stereocenters. The molecule has 0 saturated carbocycles. The van der Waals surface area contributed by atoms with Crippen LogP contribution in [0.1, 0.15) is 53.8 Å². The number of benzene rings is 2. The summed E-state index contributed by atoms with van der Waals surface area (Å²) in [6, 6.07) is 16.5. The van der Waals surface area contributed by atoms with E-state index >= 15 is 0 Å². The molecule has 0 bridgehead atoms. The first kappa shape index (κ1) is 22.6. The van der Waals surface area contributed by atoms with Crippen LogP contribution in [-0.4, -0.2) is 40.6 Å². The molecule has 2 aromatic carbocycles. The number of hydrogen-bond acceptors (Lipinski definition) is 6. The highest BCUT2D eigenvalue weighted by atomic mass is 16.7. The number of esters is 2. The first-order valence-electron chi connectivity index (χ1n) is 9.82. The van der Waals surface area contributed by atoms with Gasteiger partial charge in [0.05, 0.1) is 17.2 Å². The molecule has 0 amide bonds. The molecule has 0 fully saturated rings. The number of carbonyl (C=O) groups excluding carboxylic acids is 2. The SMILES string of the molecule is CCCCC(C(C)O)C(O)C(OC(=O)c1ccccc1)OC(=O)c1ccccc1. The Morgan fingerprint density at radius 1 is 0.862 bits per heavy atom. The average molecular weight is 400 g/mol. The molecule has 2 rings (SSSR count). The van der Waals surface area contributed by atoms with Crippen molar-refractivity contribution < 1.29 is 29.3 Å². The van der Waals surface area contributed by atoms with Gasteiger partial charge in [-0.2, -0.15) is 0 Å². The second-order valence-corrected chi connectivity index (χ2v) is 6.95. The van der Waals surface area contributed by atoms with Crippen LogP contribution in [0.3, 0.4) is 0 Å². The van der Waals surface area contributed by atoms with Crippen LogP contribution < -0.4 is 0 Å². The number of aliphatic hydroxyl groups excluding tert-OH is 2. The molecular weight excluding hydrogens is 372 g/mol. The summed E-state index contributed by atoms with van der Waals surface area (Å²) in [5, 5.41) is 21.0. The van der Waals surface area contributed by atoms with Crippen LogP contribution in [-0.2, 0) is 9.47 Å². The Hall–Kier alpha value is -2.70. The topological polar surface area (TPSA) is 93.1 Å². The lowest BCUT2D eigenvalue weighted by Crippen LogP contribution is -2.44. The van der Waals surface area contributed by atoms with Crippen LogP contribution in [0.5, 0.6) is 0 Å². The third kappa shape index (κ3) is 6.69. The van der Waals surface area contributed by atoms with Gasteiger partial charge in [-0.1, -0.05) is 56.2 Å². The molecule has 2 aromatic rings. The van der Waals surface area contributed by atoms with Crippen molar-refractivity contribution in [3.63, 3.8) is 0 Å². The fourth-order valence-electron chi connectivity index (χ4n) is 3.00. The number of unbranched alkanes of at least 4 members (excludes halogenated alkanes) is 1. The van der Waals surface area contributed by atoms with Gasteiger partial charge in [0.1, 0.15) is 6.10 Å². The van der Waals surface area contributed by atoms with Crippen molar-refractivity contribution in [1.29, 1.82) is 0 Å². The summed E-state index contributed by atoms with van der Waals surface area (Å²) in [5.74, 6) is -2.07. The van der Waals surface area contributed by atoms with Crippen LogP contribution in [0.25, 0.3) is 0 Å². The maximum Gasteiger partial charge on any atom is 0.341 e. The van der Waals surface area contributed by atoms with Gasteiger partial charge in [0.15, 0.2) is 0 Å². The Balaban J connectivity index is 2.23. The van der Waals surface area contributed by atoms with Crippen molar-refractivity contribution >= 4 is 11.9 Å². The smallest absolute Gasteiger partial charge is 0.341 e. The zero-order valence-corrected chi connectivity index (χ0v) is 16.7. The van der Waals surface area contributed by atoms with E-state index in [2.05, 4.69) is 0 Å². The molecule has 0 aliphatic carbocycles. The molecule has 0 aliphatic heterocycles. The van der Waals surface area contributed by atoms with Crippen molar-refractivity contribution in [1.82, 2.24) is 0 Å². The Bertz CT molecular complexity index is 706. The number of ether oxygens (including phenoxy) is 2. The molecule has 0 heterocycles. The molecule has 0 aliphatic rings. The van der Waals surface area contributed by atoms with Crippen molar-refractivity contribution in [3.8, 4) is 0 Å². The van der Waals surface area contributed by atoms with Gasteiger partial charge in [-0.25, -0.2) is 9.59 Å². The van der Waals surface area contributed by atoms with Crippen LogP contribution in [0, 0.1) is 5.92 Å². The van der Waals surface area contributed by atoms with Gasteiger partial charge in [0.2, 0.25) is 0 Å². The third-order valence-corrected chi connectivity index (χ3v) is 4.69. The van der Waals surface area contributed by atoms with E-state index in [4.69, 9.17) is 9.47 Å². The number of hydrogen-bond donors (Lipinski definition) is 2. The second kappa shape index (κ2) is 11.3. The summed E-state index contributed by atoms with van der Waals surface area (Å²) < 4.78 is 10.7. The summed E-state index contributed by atoms with van der Waals surface area (Å²) in [6.45, 7) is 3.55. The summed E-state index contributed by atoms with van der Waals surface area (Å²) in [7, 11) is 0. The van der Waals surface area contributed by atoms with Crippen LogP contribution >= 0.6 is 0 Å². The number of carbonyl (C=O) groups is 2. The third-order valence-electron chi connectivity index (χ3n) is 4.69. The van der Waals surface area contributed by atoms with Gasteiger partial charge in [-0.15, -0.1) is 0 Å². The number of rotatable bonds is 10. The molecule has 0 aromatic heterocycles. The summed E-state index contributed by atoms with van der Waals surface area (Å²) >= 11 is 0. The average Bonchev–Trinajstić information content (AvgIpc) is 2.74. The maximum absolute atomic E-state index is 12.5. The fourth-order valence-corrected chi connectivity index (χ4v) is 3.00. The lowest BCUT2D eigenvalue weighted by atomic mass is 9.90. The van der Waals surface area contributed by atoms with E-state index in [-0.39, 0.29) is 11.1 Å².